The predicted molar refractivity (Wildman–Crippen MR) is 94.0 cm³/mol. The summed E-state index contributed by atoms with van der Waals surface area (Å²) in [5.74, 6) is 1.05. The van der Waals surface area contributed by atoms with Gasteiger partial charge in [0.2, 0.25) is 0 Å². The molecule has 0 amide bonds. The third-order valence-electron chi connectivity index (χ3n) is 7.82. The second-order valence-corrected chi connectivity index (χ2v) is 8.89. The van der Waals surface area contributed by atoms with Gasteiger partial charge in [-0.25, -0.2) is 0 Å². The maximum atomic E-state index is 11.1. The normalized spacial score (nSPS) is 48.2. The molecule has 0 aromatic rings. The van der Waals surface area contributed by atoms with Crippen molar-refractivity contribution in [1.29, 1.82) is 0 Å². The molecule has 0 bridgehead atoms. The monoisotopic (exact) mass is 324 g/mol. The lowest BCUT2D eigenvalue weighted by atomic mass is 9.43. The van der Waals surface area contributed by atoms with Gasteiger partial charge < -0.3 is 15.3 Å². The first-order chi connectivity index (χ1) is 10.6. The summed E-state index contributed by atoms with van der Waals surface area (Å²) in [5.41, 5.74) is 0.186. The van der Waals surface area contributed by atoms with E-state index >= 15 is 0 Å². The number of aliphatic hydroxyl groups is 3. The summed E-state index contributed by atoms with van der Waals surface area (Å²) in [5, 5.41) is 30.5. The minimum atomic E-state index is -1.01. The van der Waals surface area contributed by atoms with Gasteiger partial charge >= 0.3 is 0 Å². The molecule has 0 radical (unpaired) electrons. The summed E-state index contributed by atoms with van der Waals surface area (Å²) < 4.78 is 0. The molecular weight excluding hydrogens is 288 g/mol. The predicted octanol–water partition coefficient (Wildman–Crippen LogP) is 3.67. The first-order valence-electron chi connectivity index (χ1n) is 9.26. The number of aliphatic hydroxyl groups excluding tert-OH is 2. The first kappa shape index (κ1) is 19.0. The van der Waals surface area contributed by atoms with E-state index in [0.29, 0.717) is 18.3 Å². The Morgan fingerprint density at radius 2 is 1.83 bits per heavy atom. The topological polar surface area (TPSA) is 60.7 Å². The van der Waals surface area contributed by atoms with Gasteiger partial charge in [0.1, 0.15) is 0 Å². The van der Waals surface area contributed by atoms with Crippen LogP contribution in [-0.4, -0.2) is 33.6 Å². The molecule has 6 unspecified atom stereocenters. The molecule has 0 aliphatic heterocycles. The van der Waals surface area contributed by atoms with Crippen LogP contribution in [0.3, 0.4) is 0 Å². The Labute approximate surface area is 141 Å². The molecule has 2 rings (SSSR count). The van der Waals surface area contributed by atoms with Crippen LogP contribution in [0.15, 0.2) is 11.6 Å². The van der Waals surface area contributed by atoms with Crippen molar-refractivity contribution < 1.29 is 15.3 Å². The van der Waals surface area contributed by atoms with Gasteiger partial charge in [-0.1, -0.05) is 32.4 Å². The summed E-state index contributed by atoms with van der Waals surface area (Å²) >= 11 is 0. The number of fused-ring (bicyclic) bond motifs is 1. The Hall–Kier alpha value is -0.380. The quantitative estimate of drug-likeness (QED) is 0.692. The van der Waals surface area contributed by atoms with Crippen molar-refractivity contribution in [2.75, 3.05) is 6.61 Å². The van der Waals surface area contributed by atoms with Crippen LogP contribution in [-0.2, 0) is 0 Å². The van der Waals surface area contributed by atoms with Crippen molar-refractivity contribution in [2.24, 2.45) is 22.7 Å². The Balaban J connectivity index is 2.29. The maximum Gasteiger partial charge on any atom is 0.0933 e. The largest absolute Gasteiger partial charge is 0.392 e. The van der Waals surface area contributed by atoms with Crippen molar-refractivity contribution in [3.05, 3.63) is 11.6 Å². The van der Waals surface area contributed by atoms with Gasteiger partial charge in [-0.05, 0) is 69.6 Å². The molecule has 3 N–H and O–H groups in total. The molecule has 0 aromatic heterocycles. The highest BCUT2D eigenvalue weighted by molar-refractivity contribution is 5.13. The smallest absolute Gasteiger partial charge is 0.0933 e. The average molecular weight is 325 g/mol. The Kier molecular flexibility index (Phi) is 5.35. The lowest BCUT2D eigenvalue weighted by Crippen LogP contribution is -2.65. The molecule has 6 atom stereocenters. The molecule has 0 aromatic carbocycles. The summed E-state index contributed by atoms with van der Waals surface area (Å²) in [6.07, 6.45) is 7.16. The van der Waals surface area contributed by atoms with Crippen LogP contribution in [0.1, 0.15) is 73.1 Å². The molecule has 2 aliphatic rings. The lowest BCUT2D eigenvalue weighted by Gasteiger charge is -2.64. The number of hydrogen-bond acceptors (Lipinski definition) is 3. The Morgan fingerprint density at radius 3 is 2.43 bits per heavy atom. The molecule has 3 nitrogen and oxygen atoms in total. The highest BCUT2D eigenvalue weighted by Gasteiger charge is 2.62. The van der Waals surface area contributed by atoms with E-state index in [-0.39, 0.29) is 17.4 Å². The van der Waals surface area contributed by atoms with E-state index < -0.39 is 11.7 Å². The van der Waals surface area contributed by atoms with Crippen molar-refractivity contribution in [3.63, 3.8) is 0 Å². The van der Waals surface area contributed by atoms with E-state index in [4.69, 9.17) is 5.11 Å². The SMILES string of the molecule is CC(=CCO)CCC1(C)C(C)CCC2(C)C1CCC(O)C2(C)O. The molecular formula is C20H36O3. The maximum absolute atomic E-state index is 11.1. The number of allylic oxidation sites excluding steroid dienone is 1. The Bertz CT molecular complexity index is 456. The molecule has 0 saturated heterocycles. The van der Waals surface area contributed by atoms with Crippen LogP contribution >= 0.6 is 0 Å². The number of hydrogen-bond donors (Lipinski definition) is 3. The number of rotatable bonds is 4. The van der Waals surface area contributed by atoms with Crippen LogP contribution < -0.4 is 0 Å². The molecule has 0 heterocycles. The van der Waals surface area contributed by atoms with Crippen molar-refractivity contribution in [1.82, 2.24) is 0 Å². The van der Waals surface area contributed by atoms with Gasteiger partial charge in [0.15, 0.2) is 0 Å². The molecule has 3 heteroatoms. The van der Waals surface area contributed by atoms with Crippen molar-refractivity contribution in [3.8, 4) is 0 Å². The summed E-state index contributed by atoms with van der Waals surface area (Å²) in [4.78, 5) is 0. The standard InChI is InChI=1S/C20H36O3/c1-14(10-13-21)8-11-18(3)15(2)9-12-19(4)16(18)6-7-17(22)20(19,5)23/h10,15-17,21-23H,6-9,11-13H2,1-5H3. The van der Waals surface area contributed by atoms with Crippen LogP contribution in [0.25, 0.3) is 0 Å². The third kappa shape index (κ3) is 3.01. The molecule has 134 valence electrons. The lowest BCUT2D eigenvalue weighted by molar-refractivity contribution is -0.235. The van der Waals surface area contributed by atoms with Gasteiger partial charge in [0.25, 0.3) is 0 Å². The molecule has 2 aliphatic carbocycles. The van der Waals surface area contributed by atoms with E-state index in [1.165, 1.54) is 5.57 Å². The van der Waals surface area contributed by atoms with Gasteiger partial charge in [-0.3, -0.25) is 0 Å². The van der Waals surface area contributed by atoms with Gasteiger partial charge in [-0.15, -0.1) is 0 Å². The summed E-state index contributed by atoms with van der Waals surface area (Å²) in [6.45, 7) is 11.0. The van der Waals surface area contributed by atoms with Gasteiger partial charge in [-0.2, -0.15) is 0 Å². The zero-order chi connectivity index (χ0) is 17.5. The van der Waals surface area contributed by atoms with Gasteiger partial charge in [0, 0.05) is 5.41 Å². The van der Waals surface area contributed by atoms with Crippen LogP contribution in [0, 0.1) is 22.7 Å². The van der Waals surface area contributed by atoms with Gasteiger partial charge in [0.05, 0.1) is 18.3 Å². The average Bonchev–Trinajstić information content (AvgIpc) is 2.48. The fraction of sp³-hybridized carbons (Fsp3) is 0.900. The molecule has 2 saturated carbocycles. The minimum absolute atomic E-state index is 0.111. The molecule has 2 fully saturated rings. The fourth-order valence-corrected chi connectivity index (χ4v) is 5.48. The first-order valence-corrected chi connectivity index (χ1v) is 9.26. The second-order valence-electron chi connectivity index (χ2n) is 8.89. The van der Waals surface area contributed by atoms with E-state index in [2.05, 4.69) is 27.7 Å². The van der Waals surface area contributed by atoms with E-state index in [9.17, 15) is 10.2 Å². The van der Waals surface area contributed by atoms with Crippen molar-refractivity contribution in [2.45, 2.75) is 84.8 Å². The van der Waals surface area contributed by atoms with Crippen molar-refractivity contribution >= 4 is 0 Å². The van der Waals surface area contributed by atoms with Crippen LogP contribution in [0.4, 0.5) is 0 Å². The Morgan fingerprint density at radius 1 is 1.17 bits per heavy atom. The zero-order valence-corrected chi connectivity index (χ0v) is 15.6. The second kappa shape index (κ2) is 6.50. The molecule has 0 spiro atoms. The highest BCUT2D eigenvalue weighted by atomic mass is 16.3. The highest BCUT2D eigenvalue weighted by Crippen LogP contribution is 2.64. The minimum Gasteiger partial charge on any atom is -0.392 e. The van der Waals surface area contributed by atoms with E-state index in [0.717, 1.165) is 32.1 Å². The van der Waals surface area contributed by atoms with Crippen LogP contribution in [0.2, 0.25) is 0 Å². The fourth-order valence-electron chi connectivity index (χ4n) is 5.48. The summed E-state index contributed by atoms with van der Waals surface area (Å²) in [6, 6.07) is 0. The molecule has 23 heavy (non-hydrogen) atoms. The van der Waals surface area contributed by atoms with Crippen LogP contribution in [0.5, 0.6) is 0 Å². The third-order valence-corrected chi connectivity index (χ3v) is 7.82. The van der Waals surface area contributed by atoms with E-state index in [1.807, 2.05) is 13.0 Å². The summed E-state index contributed by atoms with van der Waals surface area (Å²) in [7, 11) is 0. The zero-order valence-electron chi connectivity index (χ0n) is 15.6. The van der Waals surface area contributed by atoms with E-state index in [1.54, 1.807) is 0 Å².